The molecule has 0 amide bonds. The van der Waals surface area contributed by atoms with Crippen LogP contribution in [0.2, 0.25) is 0 Å². The molecule has 1 aromatic heterocycles. The number of hydrogen-bond donors (Lipinski definition) is 3. The van der Waals surface area contributed by atoms with E-state index in [9.17, 15) is 5.11 Å². The number of carboxylic acids is 2. The molecule has 0 radical (unpaired) electrons. The molecule has 0 saturated carbocycles. The molecule has 1 aromatic carbocycles. The zero-order valence-electron chi connectivity index (χ0n) is 15.0. The molecule has 0 spiro atoms. The highest BCUT2D eigenvalue weighted by molar-refractivity contribution is 6.43. The Kier molecular flexibility index (Phi) is 6.07. The summed E-state index contributed by atoms with van der Waals surface area (Å²) in [6.07, 6.45) is 3.40. The Balaban J connectivity index is 0.000000380. The average molecular weight is 373 g/mol. The molecule has 142 valence electrons. The molecule has 27 heavy (non-hydrogen) atoms. The Labute approximate surface area is 154 Å². The molecule has 1 aliphatic heterocycles. The van der Waals surface area contributed by atoms with Gasteiger partial charge in [-0.3, -0.25) is 9.98 Å². The number of ether oxygens (including phenoxy) is 1. The molecule has 0 aliphatic carbocycles. The van der Waals surface area contributed by atoms with Crippen molar-refractivity contribution in [2.45, 2.75) is 13.8 Å². The topological polar surface area (TPSA) is 142 Å². The van der Waals surface area contributed by atoms with Gasteiger partial charge in [-0.25, -0.2) is 14.6 Å². The van der Waals surface area contributed by atoms with Crippen LogP contribution in [0, 0.1) is 5.92 Å². The number of nitrogens with zero attached hydrogens (tertiary/aromatic N) is 3. The lowest BCUT2D eigenvalue weighted by atomic mass is 10.0. The maximum absolute atomic E-state index is 10.2. The van der Waals surface area contributed by atoms with E-state index in [1.54, 1.807) is 18.5 Å². The molecule has 3 N–H and O–H groups in total. The van der Waals surface area contributed by atoms with E-state index in [4.69, 9.17) is 24.5 Å². The van der Waals surface area contributed by atoms with Gasteiger partial charge in [-0.2, -0.15) is 0 Å². The quantitative estimate of drug-likeness (QED) is 0.701. The van der Waals surface area contributed by atoms with Crippen molar-refractivity contribution >= 4 is 40.3 Å². The summed E-state index contributed by atoms with van der Waals surface area (Å²) in [5.74, 6) is -2.73. The normalized spacial score (nSPS) is 13.4. The van der Waals surface area contributed by atoms with Crippen LogP contribution < -0.4 is 4.74 Å². The molecule has 2 aromatic rings. The first-order valence-electron chi connectivity index (χ1n) is 8.00. The van der Waals surface area contributed by atoms with Gasteiger partial charge in [0.25, 0.3) is 0 Å². The molecule has 0 bridgehead atoms. The van der Waals surface area contributed by atoms with Gasteiger partial charge in [0.15, 0.2) is 11.5 Å². The van der Waals surface area contributed by atoms with Gasteiger partial charge in [-0.15, -0.1) is 0 Å². The SMILES string of the molecule is COc1cc2ccnc3c2c(c1O)N=CC3=NCC(C)C.O=C(O)C(=O)O. The van der Waals surface area contributed by atoms with Gasteiger partial charge in [-0.1, -0.05) is 13.8 Å². The third-order valence-electron chi connectivity index (χ3n) is 3.55. The van der Waals surface area contributed by atoms with E-state index in [1.165, 1.54) is 7.11 Å². The number of carboxylic acid groups (broad SMARTS) is 2. The van der Waals surface area contributed by atoms with Crippen LogP contribution >= 0.6 is 0 Å². The number of phenols is 1. The first kappa shape index (κ1) is 19.8. The largest absolute Gasteiger partial charge is 0.503 e. The van der Waals surface area contributed by atoms with E-state index in [-0.39, 0.29) is 5.75 Å². The fourth-order valence-electron chi connectivity index (χ4n) is 2.35. The summed E-state index contributed by atoms with van der Waals surface area (Å²) in [5.41, 5.74) is 2.01. The minimum Gasteiger partial charge on any atom is -0.503 e. The second-order valence-electron chi connectivity index (χ2n) is 6.02. The summed E-state index contributed by atoms with van der Waals surface area (Å²) in [4.78, 5) is 31.5. The molecule has 0 fully saturated rings. The zero-order valence-corrected chi connectivity index (χ0v) is 15.0. The van der Waals surface area contributed by atoms with Crippen LogP contribution in [0.5, 0.6) is 11.5 Å². The fourth-order valence-corrected chi connectivity index (χ4v) is 2.35. The van der Waals surface area contributed by atoms with Crippen molar-refractivity contribution in [3.8, 4) is 11.5 Å². The maximum Gasteiger partial charge on any atom is 0.414 e. The highest BCUT2D eigenvalue weighted by atomic mass is 16.5. The monoisotopic (exact) mass is 373 g/mol. The highest BCUT2D eigenvalue weighted by Crippen LogP contribution is 2.44. The molecule has 0 unspecified atom stereocenters. The third kappa shape index (κ3) is 4.38. The second kappa shape index (κ2) is 8.26. The van der Waals surface area contributed by atoms with E-state index in [2.05, 4.69) is 28.8 Å². The van der Waals surface area contributed by atoms with Gasteiger partial charge in [-0.05, 0) is 23.4 Å². The van der Waals surface area contributed by atoms with Crippen molar-refractivity contribution in [2.75, 3.05) is 13.7 Å². The third-order valence-corrected chi connectivity index (χ3v) is 3.55. The minimum atomic E-state index is -1.82. The van der Waals surface area contributed by atoms with Crippen molar-refractivity contribution in [2.24, 2.45) is 15.9 Å². The highest BCUT2D eigenvalue weighted by Gasteiger charge is 2.21. The van der Waals surface area contributed by atoms with Crippen LogP contribution in [0.3, 0.4) is 0 Å². The Bertz CT molecular complexity index is 938. The number of benzene rings is 1. The van der Waals surface area contributed by atoms with Gasteiger partial charge >= 0.3 is 11.9 Å². The number of aromatic nitrogens is 1. The van der Waals surface area contributed by atoms with E-state index in [0.717, 1.165) is 28.7 Å². The average Bonchev–Trinajstić information content (AvgIpc) is 2.63. The van der Waals surface area contributed by atoms with Crippen molar-refractivity contribution in [1.82, 2.24) is 4.98 Å². The van der Waals surface area contributed by atoms with Crippen LogP contribution in [0.15, 0.2) is 28.3 Å². The molecule has 0 atom stereocenters. The number of aliphatic carboxylic acids is 2. The summed E-state index contributed by atoms with van der Waals surface area (Å²) >= 11 is 0. The van der Waals surface area contributed by atoms with Crippen LogP contribution in [0.4, 0.5) is 5.69 Å². The van der Waals surface area contributed by atoms with Crippen LogP contribution in [-0.4, -0.2) is 57.8 Å². The number of aliphatic imine (C=N–C) groups is 2. The Morgan fingerprint density at radius 3 is 2.48 bits per heavy atom. The van der Waals surface area contributed by atoms with Crippen LogP contribution in [0.25, 0.3) is 10.8 Å². The second-order valence-corrected chi connectivity index (χ2v) is 6.02. The molecule has 3 rings (SSSR count). The van der Waals surface area contributed by atoms with Gasteiger partial charge < -0.3 is 20.1 Å². The number of phenolic OH excluding ortho intramolecular Hbond substituents is 1. The lowest BCUT2D eigenvalue weighted by Crippen LogP contribution is -2.11. The maximum atomic E-state index is 10.2. The minimum absolute atomic E-state index is 0.0402. The van der Waals surface area contributed by atoms with Gasteiger partial charge in [0.1, 0.15) is 11.4 Å². The van der Waals surface area contributed by atoms with E-state index in [1.807, 2.05) is 6.07 Å². The summed E-state index contributed by atoms with van der Waals surface area (Å²) in [6, 6.07) is 3.67. The van der Waals surface area contributed by atoms with Crippen LogP contribution in [0.1, 0.15) is 19.5 Å². The van der Waals surface area contributed by atoms with E-state index >= 15 is 0 Å². The predicted octanol–water partition coefficient (Wildman–Crippen LogP) is 2.27. The molecule has 0 saturated heterocycles. The summed E-state index contributed by atoms with van der Waals surface area (Å²) in [5, 5.41) is 26.8. The molecular weight excluding hydrogens is 354 g/mol. The lowest BCUT2D eigenvalue weighted by molar-refractivity contribution is -0.159. The number of carbonyl (C=O) groups is 2. The zero-order chi connectivity index (χ0) is 20.1. The van der Waals surface area contributed by atoms with Crippen molar-refractivity contribution in [3.05, 3.63) is 24.0 Å². The Morgan fingerprint density at radius 2 is 1.93 bits per heavy atom. The number of hydrogen-bond acceptors (Lipinski definition) is 7. The van der Waals surface area contributed by atoms with Gasteiger partial charge in [0.2, 0.25) is 0 Å². The van der Waals surface area contributed by atoms with Crippen molar-refractivity contribution < 1.29 is 29.6 Å². The summed E-state index contributed by atoms with van der Waals surface area (Å²) < 4.78 is 5.19. The first-order valence-corrected chi connectivity index (χ1v) is 8.00. The van der Waals surface area contributed by atoms with Crippen molar-refractivity contribution in [1.29, 1.82) is 0 Å². The smallest absolute Gasteiger partial charge is 0.414 e. The molecule has 1 aliphatic rings. The van der Waals surface area contributed by atoms with E-state index in [0.29, 0.717) is 17.4 Å². The number of methoxy groups -OCH3 is 1. The number of rotatable bonds is 3. The number of aromatic hydroxyl groups is 1. The van der Waals surface area contributed by atoms with Crippen LogP contribution in [-0.2, 0) is 9.59 Å². The lowest BCUT2D eigenvalue weighted by Gasteiger charge is -2.16. The van der Waals surface area contributed by atoms with E-state index < -0.39 is 11.9 Å². The molecule has 9 nitrogen and oxygen atoms in total. The standard InChI is InChI=1S/C16H17N3O2.C2H2O4/c1-9(2)7-18-11-8-19-15-13-10(4-5-17-14(11)13)6-12(21-3)16(15)20;3-1(4)2(5)6/h4-6,8-9,20H,7H2,1-3H3;(H,3,4)(H,5,6). The predicted molar refractivity (Wildman–Crippen MR) is 99.6 cm³/mol. The summed E-state index contributed by atoms with van der Waals surface area (Å²) in [6.45, 7) is 4.95. The Morgan fingerprint density at radius 1 is 1.26 bits per heavy atom. The molecule has 9 heteroatoms. The molecule has 2 heterocycles. The van der Waals surface area contributed by atoms with Gasteiger partial charge in [0, 0.05) is 18.1 Å². The first-order chi connectivity index (χ1) is 12.8. The van der Waals surface area contributed by atoms with Gasteiger partial charge in [0.05, 0.1) is 19.0 Å². The van der Waals surface area contributed by atoms with Crippen molar-refractivity contribution in [3.63, 3.8) is 0 Å². The molecular formula is C18H19N3O6. The Hall–Kier alpha value is -3.49. The number of pyridine rings is 1. The summed E-state index contributed by atoms with van der Waals surface area (Å²) in [7, 11) is 1.53. The fraction of sp³-hybridized carbons (Fsp3) is 0.278.